The van der Waals surface area contributed by atoms with Crippen molar-refractivity contribution in [3.8, 4) is 0 Å². The Balaban J connectivity index is 1.54. The zero-order valence-corrected chi connectivity index (χ0v) is 22.8. The molecule has 1 heterocycles. The number of hydrogen-bond acceptors (Lipinski definition) is 3. The second-order valence-corrected chi connectivity index (χ2v) is 14.0. The average Bonchev–Trinajstić information content (AvgIpc) is 3.44. The van der Waals surface area contributed by atoms with Gasteiger partial charge in [0.05, 0.1) is 0 Å². The molecule has 6 rings (SSSR count). The molecule has 38 heavy (non-hydrogen) atoms. The quantitative estimate of drug-likeness (QED) is 0.229. The van der Waals surface area contributed by atoms with Crippen molar-refractivity contribution >= 4 is 40.8 Å². The highest BCUT2D eigenvalue weighted by Crippen LogP contribution is 2.62. The molecular weight excluding hydrogens is 499 g/mol. The third-order valence-corrected chi connectivity index (χ3v) is 13.0. The van der Waals surface area contributed by atoms with Crippen LogP contribution in [0.1, 0.15) is 11.1 Å². The van der Waals surface area contributed by atoms with E-state index < -0.39 is 7.26 Å². The molecule has 5 aromatic rings. The molecule has 1 aliphatic rings. The largest absolute Gasteiger partial charge is 0.332 e. The van der Waals surface area contributed by atoms with Crippen LogP contribution in [0.15, 0.2) is 157 Å². The van der Waals surface area contributed by atoms with Crippen LogP contribution in [-0.4, -0.2) is 17.0 Å². The summed E-state index contributed by atoms with van der Waals surface area (Å²) in [6.07, 6.45) is 0. The number of nitrogens with one attached hydrogen (secondary N) is 1. The van der Waals surface area contributed by atoms with Crippen LogP contribution in [0.2, 0.25) is 0 Å². The van der Waals surface area contributed by atoms with Crippen molar-refractivity contribution < 1.29 is 0 Å². The molecule has 4 heteroatoms. The maximum atomic E-state index is 5.39. The third kappa shape index (κ3) is 4.80. The Kier molecular flexibility index (Phi) is 7.40. The molecule has 0 unspecified atom stereocenters. The number of thioether (sulfide) groups is 1. The van der Waals surface area contributed by atoms with Gasteiger partial charge in [-0.05, 0) is 42.0 Å². The fourth-order valence-corrected chi connectivity index (χ4v) is 11.6. The van der Waals surface area contributed by atoms with Gasteiger partial charge in [-0.3, -0.25) is 0 Å². The third-order valence-electron chi connectivity index (χ3n) is 7.03. The van der Waals surface area contributed by atoms with Gasteiger partial charge >= 0.3 is 0 Å². The van der Waals surface area contributed by atoms with E-state index >= 15 is 0 Å². The van der Waals surface area contributed by atoms with E-state index in [0.29, 0.717) is 0 Å². The maximum Gasteiger partial charge on any atom is 0.185 e. The Morgan fingerprint density at radius 2 is 0.974 bits per heavy atom. The van der Waals surface area contributed by atoms with Crippen molar-refractivity contribution in [3.63, 3.8) is 0 Å². The van der Waals surface area contributed by atoms with E-state index in [9.17, 15) is 0 Å². The van der Waals surface area contributed by atoms with Gasteiger partial charge in [0.1, 0.15) is 29.0 Å². The van der Waals surface area contributed by atoms with E-state index in [0.717, 1.165) is 17.2 Å². The summed E-state index contributed by atoms with van der Waals surface area (Å²) in [7, 11) is -2.18. The molecule has 5 aromatic carbocycles. The number of rotatable bonds is 8. The molecule has 0 radical (unpaired) electrons. The summed E-state index contributed by atoms with van der Waals surface area (Å²) in [6.45, 7) is 0. The molecule has 0 aromatic heterocycles. The fraction of sp³-hybridized carbons (Fsp3) is 0.0882. The van der Waals surface area contributed by atoms with E-state index in [4.69, 9.17) is 4.99 Å². The van der Waals surface area contributed by atoms with Crippen molar-refractivity contribution in [2.45, 2.75) is 16.9 Å². The van der Waals surface area contributed by atoms with Crippen LogP contribution >= 0.6 is 19.0 Å². The van der Waals surface area contributed by atoms with E-state index in [-0.39, 0.29) is 11.2 Å². The Morgan fingerprint density at radius 1 is 0.553 bits per heavy atom. The number of hydrogen-bond donors (Lipinski definition) is 1. The summed E-state index contributed by atoms with van der Waals surface area (Å²) in [4.78, 5) is 5.39. The number of nitrogens with zero attached hydrogens (tertiary/aromatic N) is 1. The van der Waals surface area contributed by atoms with Gasteiger partial charge in [-0.25, -0.2) is 4.99 Å². The predicted molar refractivity (Wildman–Crippen MR) is 167 cm³/mol. The van der Waals surface area contributed by atoms with E-state index in [1.807, 2.05) is 11.8 Å². The lowest BCUT2D eigenvalue weighted by molar-refractivity contribution is 0.831. The first-order chi connectivity index (χ1) is 18.9. The SMILES string of the molecule is c1ccc(CS[C@@H]2N=C(c3ccccc3)N[C@H]2[P+](c2ccccc2)(c2ccccc2)c2ccccc2)cc1. The summed E-state index contributed by atoms with van der Waals surface area (Å²) in [5, 5.41) is 8.15. The van der Waals surface area contributed by atoms with Gasteiger partial charge < -0.3 is 5.32 Å². The standard InChI is InChI=1S/C34H30N2PS/c1-6-16-27(17-7-1)26-38-34-33(35-32(36-34)28-18-8-2-9-19-28)37(29-20-10-3-11-21-29,30-22-12-4-13-23-30)31-24-14-5-15-25-31/h1-25,33-34H,26H2,(H,35,36)/q+1/t33-,34-/m0/s1. The molecule has 0 spiro atoms. The minimum atomic E-state index is -2.18. The van der Waals surface area contributed by atoms with Gasteiger partial charge in [0.2, 0.25) is 0 Å². The fourth-order valence-electron chi connectivity index (χ4n) is 5.29. The van der Waals surface area contributed by atoms with Gasteiger partial charge in [-0.15, -0.1) is 11.8 Å². The van der Waals surface area contributed by atoms with Crippen LogP contribution in [0, 0.1) is 0 Å². The number of aliphatic imine (C=N–C) groups is 1. The van der Waals surface area contributed by atoms with Gasteiger partial charge in [-0.1, -0.05) is 115 Å². The van der Waals surface area contributed by atoms with Crippen molar-refractivity contribution in [2.24, 2.45) is 4.99 Å². The highest BCUT2D eigenvalue weighted by molar-refractivity contribution is 8.01. The summed E-state index contributed by atoms with van der Waals surface area (Å²) in [6, 6.07) is 54.6. The van der Waals surface area contributed by atoms with Crippen LogP contribution in [0.4, 0.5) is 0 Å². The zero-order chi connectivity index (χ0) is 25.6. The summed E-state index contributed by atoms with van der Waals surface area (Å²) >= 11 is 1.93. The molecule has 0 fully saturated rings. The Bertz CT molecular complexity index is 1380. The van der Waals surface area contributed by atoms with Crippen molar-refractivity contribution in [3.05, 3.63) is 163 Å². The smallest absolute Gasteiger partial charge is 0.185 e. The first-order valence-electron chi connectivity index (χ1n) is 13.0. The molecule has 0 saturated carbocycles. The highest BCUT2D eigenvalue weighted by Gasteiger charge is 2.58. The second kappa shape index (κ2) is 11.4. The second-order valence-electron chi connectivity index (χ2n) is 9.35. The van der Waals surface area contributed by atoms with Crippen molar-refractivity contribution in [1.82, 2.24) is 5.32 Å². The van der Waals surface area contributed by atoms with E-state index in [1.165, 1.54) is 21.5 Å². The lowest BCUT2D eigenvalue weighted by Gasteiger charge is -2.35. The van der Waals surface area contributed by atoms with Crippen LogP contribution in [0.25, 0.3) is 0 Å². The van der Waals surface area contributed by atoms with Gasteiger partial charge in [0.15, 0.2) is 11.2 Å². The van der Waals surface area contributed by atoms with E-state index in [2.05, 4.69) is 157 Å². The van der Waals surface area contributed by atoms with Crippen molar-refractivity contribution in [1.29, 1.82) is 0 Å². The van der Waals surface area contributed by atoms with Crippen molar-refractivity contribution in [2.75, 3.05) is 0 Å². The minimum absolute atomic E-state index is 0.0411. The molecule has 1 N–H and O–H groups in total. The molecule has 2 atom stereocenters. The zero-order valence-electron chi connectivity index (χ0n) is 21.1. The summed E-state index contributed by atoms with van der Waals surface area (Å²) in [5.74, 6) is 1.99. The maximum absolute atomic E-state index is 5.39. The average molecular weight is 530 g/mol. The Hall–Kier alpha value is -3.65. The lowest BCUT2D eigenvalue weighted by Crippen LogP contribution is -2.48. The normalized spacial score (nSPS) is 17.0. The monoisotopic (exact) mass is 529 g/mol. The van der Waals surface area contributed by atoms with E-state index in [1.54, 1.807) is 0 Å². The minimum Gasteiger partial charge on any atom is -0.332 e. The van der Waals surface area contributed by atoms with Gasteiger partial charge in [-0.2, -0.15) is 0 Å². The summed E-state index contributed by atoms with van der Waals surface area (Å²) < 4.78 is 0. The number of benzene rings is 5. The molecule has 186 valence electrons. The molecule has 2 nitrogen and oxygen atoms in total. The Labute approximate surface area is 230 Å². The van der Waals surface area contributed by atoms with Crippen LogP contribution in [0.5, 0.6) is 0 Å². The van der Waals surface area contributed by atoms with Crippen LogP contribution in [-0.2, 0) is 5.75 Å². The first-order valence-corrected chi connectivity index (χ1v) is 15.9. The molecular formula is C34H30N2PS+. The first kappa shape index (κ1) is 24.7. The molecule has 0 saturated heterocycles. The Morgan fingerprint density at radius 3 is 1.45 bits per heavy atom. The number of amidine groups is 1. The summed E-state index contributed by atoms with van der Waals surface area (Å²) in [5.41, 5.74) is 2.45. The van der Waals surface area contributed by atoms with Gasteiger partial charge in [0.25, 0.3) is 0 Å². The molecule has 0 amide bonds. The molecule has 0 aliphatic carbocycles. The van der Waals surface area contributed by atoms with Gasteiger partial charge in [0, 0.05) is 11.3 Å². The molecule has 0 bridgehead atoms. The lowest BCUT2D eigenvalue weighted by atomic mass is 10.2. The van der Waals surface area contributed by atoms with Crippen LogP contribution < -0.4 is 21.2 Å². The molecule has 1 aliphatic heterocycles. The van der Waals surface area contributed by atoms with Crippen LogP contribution in [0.3, 0.4) is 0 Å². The highest BCUT2D eigenvalue weighted by atomic mass is 32.2. The topological polar surface area (TPSA) is 24.4 Å². The predicted octanol–water partition coefficient (Wildman–Crippen LogP) is 6.62.